The fourth-order valence-corrected chi connectivity index (χ4v) is 4.55. The Balaban J connectivity index is 1.62. The first-order valence-corrected chi connectivity index (χ1v) is 8.49. The highest BCUT2D eigenvalue weighted by Crippen LogP contribution is 2.41. The number of nitriles is 1. The number of hydrogen-bond acceptors (Lipinski definition) is 5. The van der Waals surface area contributed by atoms with Crippen LogP contribution in [0.15, 0.2) is 12.1 Å². The number of aliphatic hydroxyl groups excluding tert-OH is 1. The first-order chi connectivity index (χ1) is 10.5. The van der Waals surface area contributed by atoms with Gasteiger partial charge in [0.2, 0.25) is 5.91 Å². The van der Waals surface area contributed by atoms with Gasteiger partial charge in [-0.05, 0) is 44.5 Å². The van der Waals surface area contributed by atoms with Crippen LogP contribution in [0.2, 0.25) is 0 Å². The smallest absolute Gasteiger partial charge is 0.228 e. The molecule has 118 valence electrons. The van der Waals surface area contributed by atoms with E-state index in [4.69, 9.17) is 5.26 Å². The van der Waals surface area contributed by atoms with E-state index in [1.165, 1.54) is 16.2 Å². The highest BCUT2D eigenvalue weighted by Gasteiger charge is 2.47. The number of rotatable bonds is 2. The highest BCUT2D eigenvalue weighted by atomic mass is 32.1. The van der Waals surface area contributed by atoms with Crippen LogP contribution in [-0.4, -0.2) is 53.6 Å². The minimum atomic E-state index is -0.398. The first-order valence-electron chi connectivity index (χ1n) is 7.67. The molecule has 3 heterocycles. The monoisotopic (exact) mass is 319 g/mol. The van der Waals surface area contributed by atoms with Crippen molar-refractivity contribution >= 4 is 17.2 Å². The molecule has 0 aliphatic carbocycles. The molecule has 2 aliphatic heterocycles. The molecule has 3 rings (SSSR count). The lowest BCUT2D eigenvalue weighted by molar-refractivity contribution is -0.154. The summed E-state index contributed by atoms with van der Waals surface area (Å²) in [6.45, 7) is 3.03. The van der Waals surface area contributed by atoms with E-state index in [1.807, 2.05) is 12.1 Å². The van der Waals surface area contributed by atoms with Gasteiger partial charge in [0, 0.05) is 25.0 Å². The second kappa shape index (κ2) is 5.99. The van der Waals surface area contributed by atoms with Crippen LogP contribution in [0.25, 0.3) is 0 Å². The Kier molecular flexibility index (Phi) is 4.22. The van der Waals surface area contributed by atoms with Crippen molar-refractivity contribution in [2.75, 3.05) is 26.7 Å². The molecule has 2 aliphatic rings. The van der Waals surface area contributed by atoms with Crippen LogP contribution >= 0.6 is 11.3 Å². The van der Waals surface area contributed by atoms with Crippen molar-refractivity contribution in [1.29, 1.82) is 5.26 Å². The minimum absolute atomic E-state index is 0.195. The molecular weight excluding hydrogens is 298 g/mol. The molecule has 1 spiro atoms. The predicted octanol–water partition coefficient (Wildman–Crippen LogP) is 1.42. The van der Waals surface area contributed by atoms with E-state index in [1.54, 1.807) is 11.9 Å². The largest absolute Gasteiger partial charge is 0.391 e. The Labute approximate surface area is 134 Å². The van der Waals surface area contributed by atoms with Gasteiger partial charge in [0.1, 0.15) is 10.9 Å². The second-order valence-electron chi connectivity index (χ2n) is 6.48. The SMILES string of the molecule is CN1CC(O)CC2(CCN(Cc3ccc(C#N)s3)CC2)C1=O. The van der Waals surface area contributed by atoms with E-state index in [0.29, 0.717) is 13.0 Å². The molecule has 1 atom stereocenters. The van der Waals surface area contributed by atoms with Crippen molar-refractivity contribution < 1.29 is 9.90 Å². The number of likely N-dealkylation sites (tertiary alicyclic amines) is 2. The summed E-state index contributed by atoms with van der Waals surface area (Å²) in [6.07, 6.45) is 1.82. The maximum atomic E-state index is 12.5. The zero-order valence-electron chi connectivity index (χ0n) is 12.8. The minimum Gasteiger partial charge on any atom is -0.391 e. The van der Waals surface area contributed by atoms with Crippen LogP contribution in [0.1, 0.15) is 29.0 Å². The van der Waals surface area contributed by atoms with Crippen LogP contribution in [0.4, 0.5) is 0 Å². The zero-order chi connectivity index (χ0) is 15.7. The average molecular weight is 319 g/mol. The summed E-state index contributed by atoms with van der Waals surface area (Å²) >= 11 is 1.54. The van der Waals surface area contributed by atoms with Crippen LogP contribution in [0.3, 0.4) is 0 Å². The van der Waals surface area contributed by atoms with E-state index >= 15 is 0 Å². The molecular formula is C16H21N3O2S. The van der Waals surface area contributed by atoms with Gasteiger partial charge in [0.15, 0.2) is 0 Å². The van der Waals surface area contributed by atoms with Gasteiger partial charge in [0.05, 0.1) is 11.5 Å². The molecule has 2 saturated heterocycles. The molecule has 1 amide bonds. The predicted molar refractivity (Wildman–Crippen MR) is 84.2 cm³/mol. The number of carbonyl (C=O) groups excluding carboxylic acids is 1. The third-order valence-electron chi connectivity index (χ3n) is 4.88. The number of nitrogens with zero attached hydrogens (tertiary/aromatic N) is 3. The molecule has 1 aromatic heterocycles. The quantitative estimate of drug-likeness (QED) is 0.895. The van der Waals surface area contributed by atoms with Gasteiger partial charge in [-0.3, -0.25) is 9.69 Å². The van der Waals surface area contributed by atoms with Crippen molar-refractivity contribution in [3.8, 4) is 6.07 Å². The molecule has 0 bridgehead atoms. The number of amides is 1. The fraction of sp³-hybridized carbons (Fsp3) is 0.625. The third-order valence-corrected chi connectivity index (χ3v) is 5.85. The molecule has 6 heteroatoms. The van der Waals surface area contributed by atoms with E-state index in [-0.39, 0.29) is 11.3 Å². The van der Waals surface area contributed by atoms with Crippen LogP contribution < -0.4 is 0 Å². The molecule has 0 aromatic carbocycles. The third kappa shape index (κ3) is 2.89. The Morgan fingerprint density at radius 2 is 2.18 bits per heavy atom. The van der Waals surface area contributed by atoms with Crippen molar-refractivity contribution in [3.05, 3.63) is 21.9 Å². The number of piperidine rings is 2. The van der Waals surface area contributed by atoms with E-state index in [9.17, 15) is 9.90 Å². The number of likely N-dealkylation sites (N-methyl/N-ethyl adjacent to an activating group) is 1. The molecule has 5 nitrogen and oxygen atoms in total. The molecule has 0 saturated carbocycles. The number of carbonyl (C=O) groups is 1. The molecule has 0 radical (unpaired) electrons. The molecule has 22 heavy (non-hydrogen) atoms. The number of thiophene rings is 1. The summed E-state index contributed by atoms with van der Waals surface area (Å²) in [7, 11) is 1.79. The Hall–Kier alpha value is -1.42. The van der Waals surface area contributed by atoms with E-state index < -0.39 is 6.10 Å². The lowest BCUT2D eigenvalue weighted by Gasteiger charge is -2.47. The Morgan fingerprint density at radius 3 is 2.82 bits per heavy atom. The lowest BCUT2D eigenvalue weighted by atomic mass is 9.71. The maximum absolute atomic E-state index is 12.5. The molecule has 2 fully saturated rings. The standard InChI is InChI=1S/C16H21N3O2S/c1-18-10-12(20)8-16(15(18)21)4-6-19(7-5-16)11-14-3-2-13(9-17)22-14/h2-3,12,20H,4-8,10-11H2,1H3. The number of aliphatic hydroxyl groups is 1. The summed E-state index contributed by atoms with van der Waals surface area (Å²) in [5, 5.41) is 18.9. The Bertz CT molecular complexity index is 599. The Morgan fingerprint density at radius 1 is 1.45 bits per heavy atom. The van der Waals surface area contributed by atoms with Crippen LogP contribution in [0, 0.1) is 16.7 Å². The summed E-state index contributed by atoms with van der Waals surface area (Å²) in [5.41, 5.74) is -0.365. The van der Waals surface area contributed by atoms with Gasteiger partial charge in [-0.2, -0.15) is 5.26 Å². The molecule has 1 N–H and O–H groups in total. The molecule has 1 aromatic rings. The summed E-state index contributed by atoms with van der Waals surface area (Å²) in [6, 6.07) is 6.04. The lowest BCUT2D eigenvalue weighted by Crippen LogP contribution is -2.56. The van der Waals surface area contributed by atoms with Crippen molar-refractivity contribution in [1.82, 2.24) is 9.80 Å². The normalized spacial score (nSPS) is 25.4. The summed E-state index contributed by atoms with van der Waals surface area (Å²) in [5.74, 6) is 0.195. The van der Waals surface area contributed by atoms with Gasteiger partial charge in [-0.25, -0.2) is 0 Å². The fourth-order valence-electron chi connectivity index (χ4n) is 3.71. The van der Waals surface area contributed by atoms with Gasteiger partial charge < -0.3 is 10.0 Å². The average Bonchev–Trinajstić information content (AvgIpc) is 2.95. The zero-order valence-corrected chi connectivity index (χ0v) is 13.6. The van der Waals surface area contributed by atoms with E-state index in [0.717, 1.165) is 37.4 Å². The van der Waals surface area contributed by atoms with Gasteiger partial charge >= 0.3 is 0 Å². The van der Waals surface area contributed by atoms with E-state index in [2.05, 4.69) is 11.0 Å². The van der Waals surface area contributed by atoms with Gasteiger partial charge in [-0.15, -0.1) is 11.3 Å². The summed E-state index contributed by atoms with van der Waals surface area (Å²) < 4.78 is 0. The van der Waals surface area contributed by atoms with Crippen molar-refractivity contribution in [2.24, 2.45) is 5.41 Å². The van der Waals surface area contributed by atoms with Crippen LogP contribution in [0.5, 0.6) is 0 Å². The topological polar surface area (TPSA) is 67.6 Å². The number of β-amino-alcohol motifs (C(OH)–C–C–N with tert-alkyl or cyclic N) is 1. The summed E-state index contributed by atoms with van der Waals surface area (Å²) in [4.78, 5) is 18.5. The van der Waals surface area contributed by atoms with Gasteiger partial charge in [0.25, 0.3) is 0 Å². The number of hydrogen-bond donors (Lipinski definition) is 1. The molecule has 1 unspecified atom stereocenters. The highest BCUT2D eigenvalue weighted by molar-refractivity contribution is 7.12. The maximum Gasteiger partial charge on any atom is 0.228 e. The first kappa shape index (κ1) is 15.5. The van der Waals surface area contributed by atoms with Gasteiger partial charge in [-0.1, -0.05) is 0 Å². The van der Waals surface area contributed by atoms with Crippen molar-refractivity contribution in [3.63, 3.8) is 0 Å². The second-order valence-corrected chi connectivity index (χ2v) is 7.65. The van der Waals surface area contributed by atoms with Crippen LogP contribution in [-0.2, 0) is 11.3 Å². The van der Waals surface area contributed by atoms with Crippen molar-refractivity contribution in [2.45, 2.75) is 31.9 Å².